The highest BCUT2D eigenvalue weighted by atomic mass is 19.1. The van der Waals surface area contributed by atoms with Crippen LogP contribution in [0.3, 0.4) is 0 Å². The van der Waals surface area contributed by atoms with Gasteiger partial charge in [0.15, 0.2) is 0 Å². The zero-order valence-electron chi connectivity index (χ0n) is 11.1. The number of nitrogens with zero attached hydrogens (tertiary/aromatic N) is 1. The van der Waals surface area contributed by atoms with E-state index in [-0.39, 0.29) is 12.4 Å². The van der Waals surface area contributed by atoms with Crippen molar-refractivity contribution in [2.45, 2.75) is 19.1 Å². The predicted octanol–water partition coefficient (Wildman–Crippen LogP) is 1.29. The molecule has 1 aliphatic rings. The molecule has 1 fully saturated rings. The average molecular weight is 269 g/mol. The van der Waals surface area contributed by atoms with E-state index in [0.717, 1.165) is 6.54 Å². The summed E-state index contributed by atoms with van der Waals surface area (Å²) in [6.07, 6.45) is -0.564. The van der Waals surface area contributed by atoms with Crippen molar-refractivity contribution < 1.29 is 19.0 Å². The van der Waals surface area contributed by atoms with Gasteiger partial charge in [0.2, 0.25) is 0 Å². The Morgan fingerprint density at radius 3 is 2.89 bits per heavy atom. The monoisotopic (exact) mass is 269 g/mol. The summed E-state index contributed by atoms with van der Waals surface area (Å²) >= 11 is 0. The number of ether oxygens (including phenoxy) is 2. The lowest BCUT2D eigenvalue weighted by atomic mass is 10.2. The van der Waals surface area contributed by atoms with E-state index in [1.165, 1.54) is 12.1 Å². The first-order chi connectivity index (χ1) is 9.15. The van der Waals surface area contributed by atoms with Gasteiger partial charge in [0.05, 0.1) is 13.2 Å². The maximum Gasteiger partial charge on any atom is 0.123 e. The molecule has 2 rings (SSSR count). The molecule has 0 aromatic heterocycles. The number of benzene rings is 1. The van der Waals surface area contributed by atoms with Crippen molar-refractivity contribution in [1.82, 2.24) is 4.90 Å². The minimum atomic E-state index is -0.564. The van der Waals surface area contributed by atoms with Crippen LogP contribution in [0.1, 0.15) is 6.92 Å². The van der Waals surface area contributed by atoms with Crippen LogP contribution in [-0.2, 0) is 4.74 Å². The number of aliphatic hydroxyl groups excluding tert-OH is 1. The van der Waals surface area contributed by atoms with Crippen molar-refractivity contribution in [3.8, 4) is 5.75 Å². The molecule has 0 spiro atoms. The summed E-state index contributed by atoms with van der Waals surface area (Å²) in [4.78, 5) is 2.18. The number of β-amino-alcohol motifs (C(OH)–C–C–N with tert-alkyl or cyclic N) is 1. The summed E-state index contributed by atoms with van der Waals surface area (Å²) in [5, 5.41) is 9.95. The van der Waals surface area contributed by atoms with Crippen molar-refractivity contribution in [1.29, 1.82) is 0 Å². The lowest BCUT2D eigenvalue weighted by Gasteiger charge is -2.34. The lowest BCUT2D eigenvalue weighted by molar-refractivity contribution is -0.0265. The molecular weight excluding hydrogens is 249 g/mol. The standard InChI is InChI=1S/C14H20FNO3/c1-11-9-18-7-6-16(11)8-13(17)10-19-14-4-2-12(15)3-5-14/h2-5,11,13,17H,6-10H2,1H3/t11-,13+/m1/s1. The third-order valence-electron chi connectivity index (χ3n) is 3.21. The Balaban J connectivity index is 1.74. The lowest BCUT2D eigenvalue weighted by Crippen LogP contribution is -2.47. The SMILES string of the molecule is C[C@@H]1COCCN1C[C@H](O)COc1ccc(F)cc1. The van der Waals surface area contributed by atoms with Gasteiger partial charge in [-0.1, -0.05) is 0 Å². The van der Waals surface area contributed by atoms with Crippen LogP contribution in [0.15, 0.2) is 24.3 Å². The molecule has 1 aromatic rings. The molecule has 1 aromatic carbocycles. The van der Waals surface area contributed by atoms with E-state index in [9.17, 15) is 9.50 Å². The van der Waals surface area contributed by atoms with Crippen LogP contribution < -0.4 is 4.74 Å². The first-order valence-electron chi connectivity index (χ1n) is 6.53. The molecule has 106 valence electrons. The van der Waals surface area contributed by atoms with Gasteiger partial charge < -0.3 is 14.6 Å². The smallest absolute Gasteiger partial charge is 0.123 e. The second-order valence-electron chi connectivity index (χ2n) is 4.84. The first kappa shape index (κ1) is 14.2. The molecule has 5 heteroatoms. The summed E-state index contributed by atoms with van der Waals surface area (Å²) in [6.45, 7) is 5.07. The molecule has 0 saturated carbocycles. The molecule has 0 aliphatic carbocycles. The Kier molecular flexibility index (Phi) is 5.13. The van der Waals surface area contributed by atoms with Gasteiger partial charge in [-0.3, -0.25) is 4.90 Å². The van der Waals surface area contributed by atoms with Crippen LogP contribution in [0.25, 0.3) is 0 Å². The highest BCUT2D eigenvalue weighted by molar-refractivity contribution is 5.22. The van der Waals surface area contributed by atoms with E-state index < -0.39 is 6.10 Å². The molecule has 1 N–H and O–H groups in total. The summed E-state index contributed by atoms with van der Waals surface area (Å²) in [7, 11) is 0. The Morgan fingerprint density at radius 2 is 2.21 bits per heavy atom. The Morgan fingerprint density at radius 1 is 1.47 bits per heavy atom. The van der Waals surface area contributed by atoms with E-state index in [1.54, 1.807) is 12.1 Å². The molecule has 0 amide bonds. The van der Waals surface area contributed by atoms with Gasteiger partial charge in [0.25, 0.3) is 0 Å². The van der Waals surface area contributed by atoms with E-state index in [1.807, 2.05) is 0 Å². The van der Waals surface area contributed by atoms with E-state index >= 15 is 0 Å². The molecule has 1 heterocycles. The maximum atomic E-state index is 12.7. The quantitative estimate of drug-likeness (QED) is 0.874. The van der Waals surface area contributed by atoms with Crippen LogP contribution >= 0.6 is 0 Å². The molecule has 0 bridgehead atoms. The van der Waals surface area contributed by atoms with Gasteiger partial charge in [-0.25, -0.2) is 4.39 Å². The van der Waals surface area contributed by atoms with Gasteiger partial charge in [0, 0.05) is 19.1 Å². The zero-order chi connectivity index (χ0) is 13.7. The summed E-state index contributed by atoms with van der Waals surface area (Å²) in [5.41, 5.74) is 0. The van der Waals surface area contributed by atoms with Gasteiger partial charge in [0.1, 0.15) is 24.3 Å². The third-order valence-corrected chi connectivity index (χ3v) is 3.21. The van der Waals surface area contributed by atoms with Crippen molar-refractivity contribution in [2.75, 3.05) is 32.9 Å². The highest BCUT2D eigenvalue weighted by Crippen LogP contribution is 2.12. The van der Waals surface area contributed by atoms with Gasteiger partial charge in [-0.15, -0.1) is 0 Å². The number of hydrogen-bond acceptors (Lipinski definition) is 4. The average Bonchev–Trinajstić information content (AvgIpc) is 2.41. The molecule has 2 atom stereocenters. The fourth-order valence-electron chi connectivity index (χ4n) is 2.08. The van der Waals surface area contributed by atoms with Crippen molar-refractivity contribution >= 4 is 0 Å². The topological polar surface area (TPSA) is 41.9 Å². The zero-order valence-corrected chi connectivity index (χ0v) is 11.1. The van der Waals surface area contributed by atoms with Crippen LogP contribution in [0, 0.1) is 5.82 Å². The minimum absolute atomic E-state index is 0.204. The van der Waals surface area contributed by atoms with E-state index in [0.29, 0.717) is 31.5 Å². The van der Waals surface area contributed by atoms with Crippen LogP contribution in [-0.4, -0.2) is 55.1 Å². The third kappa shape index (κ3) is 4.45. The largest absolute Gasteiger partial charge is 0.491 e. The highest BCUT2D eigenvalue weighted by Gasteiger charge is 2.21. The number of hydrogen-bond donors (Lipinski definition) is 1. The number of aliphatic hydroxyl groups is 1. The predicted molar refractivity (Wildman–Crippen MR) is 69.8 cm³/mol. The normalized spacial score (nSPS) is 22.2. The molecular formula is C14H20FNO3. The number of halogens is 1. The number of morpholine rings is 1. The Bertz CT molecular complexity index is 385. The second kappa shape index (κ2) is 6.84. The first-order valence-corrected chi connectivity index (χ1v) is 6.53. The molecule has 0 radical (unpaired) electrons. The second-order valence-corrected chi connectivity index (χ2v) is 4.84. The van der Waals surface area contributed by atoms with Crippen LogP contribution in [0.4, 0.5) is 4.39 Å². The molecule has 1 saturated heterocycles. The van der Waals surface area contributed by atoms with Crippen LogP contribution in [0.2, 0.25) is 0 Å². The van der Waals surface area contributed by atoms with Crippen molar-refractivity contribution in [3.63, 3.8) is 0 Å². The summed E-state index contributed by atoms with van der Waals surface area (Å²) in [6, 6.07) is 6.10. The Hall–Kier alpha value is -1.17. The molecule has 4 nitrogen and oxygen atoms in total. The summed E-state index contributed by atoms with van der Waals surface area (Å²) in [5.74, 6) is 0.269. The van der Waals surface area contributed by atoms with E-state index in [2.05, 4.69) is 11.8 Å². The van der Waals surface area contributed by atoms with Crippen LogP contribution in [0.5, 0.6) is 5.75 Å². The molecule has 1 aliphatic heterocycles. The maximum absolute atomic E-state index is 12.7. The molecule has 0 unspecified atom stereocenters. The van der Waals surface area contributed by atoms with Crippen molar-refractivity contribution in [2.24, 2.45) is 0 Å². The minimum Gasteiger partial charge on any atom is -0.491 e. The summed E-state index contributed by atoms with van der Waals surface area (Å²) < 4.78 is 23.5. The number of rotatable bonds is 5. The Labute approximate surface area is 112 Å². The fourth-order valence-corrected chi connectivity index (χ4v) is 2.08. The van der Waals surface area contributed by atoms with Gasteiger partial charge in [-0.2, -0.15) is 0 Å². The van der Waals surface area contributed by atoms with Gasteiger partial charge in [-0.05, 0) is 31.2 Å². The van der Waals surface area contributed by atoms with E-state index in [4.69, 9.17) is 9.47 Å². The fraction of sp³-hybridized carbons (Fsp3) is 0.571. The molecule has 19 heavy (non-hydrogen) atoms. The van der Waals surface area contributed by atoms with Gasteiger partial charge >= 0.3 is 0 Å². The van der Waals surface area contributed by atoms with Crippen molar-refractivity contribution in [3.05, 3.63) is 30.1 Å².